The lowest BCUT2D eigenvalue weighted by Gasteiger charge is -2.14. The lowest BCUT2D eigenvalue weighted by atomic mass is 9.96. The molecule has 5 rings (SSSR count). The average molecular weight is 398 g/mol. The van der Waals surface area contributed by atoms with E-state index in [1.54, 1.807) is 0 Å². The van der Waals surface area contributed by atoms with Gasteiger partial charge in [-0.05, 0) is 75.3 Å². The van der Waals surface area contributed by atoms with Crippen molar-refractivity contribution < 1.29 is 9.18 Å². The first-order valence-electron chi connectivity index (χ1n) is 9.10. The van der Waals surface area contributed by atoms with Gasteiger partial charge >= 0.3 is 0 Å². The van der Waals surface area contributed by atoms with Gasteiger partial charge in [0, 0.05) is 0 Å². The molecule has 0 saturated carbocycles. The van der Waals surface area contributed by atoms with Crippen molar-refractivity contribution in [2.45, 2.75) is 0 Å². The molecule has 0 bridgehead atoms. The number of hydrogen-bond donors (Lipinski definition) is 1. The summed E-state index contributed by atoms with van der Waals surface area (Å²) < 4.78 is 13.3. The molecule has 0 atom stereocenters. The number of fused-ring (bicyclic) bond motifs is 2. The Labute approximate surface area is 171 Å². The number of thioether (sulfide) groups is 1. The predicted octanol–water partition coefficient (Wildman–Crippen LogP) is 6.19. The largest absolute Gasteiger partial charge is 0.278 e. The maximum absolute atomic E-state index is 13.3. The minimum absolute atomic E-state index is 0.109. The SMILES string of the molecule is N=C1S/C(=C\c2c3ccccc3cc3ccccc23)C(=O)N1c1ccc(F)cc1. The number of nitrogens with one attached hydrogen (secondary N) is 1. The number of hydrogen-bond acceptors (Lipinski definition) is 3. The first-order chi connectivity index (χ1) is 14.1. The summed E-state index contributed by atoms with van der Waals surface area (Å²) in [7, 11) is 0. The van der Waals surface area contributed by atoms with Gasteiger partial charge in [0.2, 0.25) is 0 Å². The van der Waals surface area contributed by atoms with Crippen LogP contribution in [-0.2, 0) is 4.79 Å². The van der Waals surface area contributed by atoms with Gasteiger partial charge in [0.15, 0.2) is 5.17 Å². The highest BCUT2D eigenvalue weighted by molar-refractivity contribution is 8.19. The molecule has 0 aromatic heterocycles. The van der Waals surface area contributed by atoms with Gasteiger partial charge in [0.1, 0.15) is 5.82 Å². The third-order valence-corrected chi connectivity index (χ3v) is 5.89. The van der Waals surface area contributed by atoms with Crippen molar-refractivity contribution in [1.82, 2.24) is 0 Å². The third-order valence-electron chi connectivity index (χ3n) is 5.00. The highest BCUT2D eigenvalue weighted by atomic mass is 32.2. The summed E-state index contributed by atoms with van der Waals surface area (Å²) >= 11 is 1.12. The number of amides is 1. The minimum atomic E-state index is -0.377. The van der Waals surface area contributed by atoms with E-state index in [9.17, 15) is 9.18 Å². The van der Waals surface area contributed by atoms with Gasteiger partial charge in [0.05, 0.1) is 10.6 Å². The van der Waals surface area contributed by atoms with Crippen LogP contribution in [0.2, 0.25) is 0 Å². The Morgan fingerprint density at radius 2 is 1.45 bits per heavy atom. The van der Waals surface area contributed by atoms with Crippen LogP contribution in [0.25, 0.3) is 27.6 Å². The lowest BCUT2D eigenvalue weighted by Crippen LogP contribution is -2.28. The van der Waals surface area contributed by atoms with Crippen molar-refractivity contribution in [3.05, 3.63) is 95.1 Å². The normalized spacial score (nSPS) is 15.8. The first-order valence-corrected chi connectivity index (χ1v) is 9.92. The molecule has 29 heavy (non-hydrogen) atoms. The molecule has 0 radical (unpaired) electrons. The Balaban J connectivity index is 1.67. The summed E-state index contributed by atoms with van der Waals surface area (Å²) in [5.74, 6) is -0.652. The highest BCUT2D eigenvalue weighted by Gasteiger charge is 2.33. The third kappa shape index (κ3) is 3.00. The second-order valence-electron chi connectivity index (χ2n) is 6.77. The number of carbonyl (C=O) groups excluding carboxylic acids is 1. The quantitative estimate of drug-likeness (QED) is 0.323. The fourth-order valence-electron chi connectivity index (χ4n) is 3.65. The molecule has 0 aliphatic carbocycles. The molecule has 0 spiro atoms. The molecule has 1 amide bonds. The maximum Gasteiger partial charge on any atom is 0.271 e. The van der Waals surface area contributed by atoms with Gasteiger partial charge in [-0.2, -0.15) is 0 Å². The minimum Gasteiger partial charge on any atom is -0.278 e. The van der Waals surface area contributed by atoms with Crippen LogP contribution in [0.1, 0.15) is 5.56 Å². The fourth-order valence-corrected chi connectivity index (χ4v) is 4.49. The van der Waals surface area contributed by atoms with Gasteiger partial charge in [0.25, 0.3) is 5.91 Å². The molecule has 0 unspecified atom stereocenters. The van der Waals surface area contributed by atoms with Crippen molar-refractivity contribution in [3.8, 4) is 0 Å². The Hall–Kier alpha value is -3.44. The zero-order chi connectivity index (χ0) is 20.0. The summed E-state index contributed by atoms with van der Waals surface area (Å²) in [6, 6.07) is 23.9. The van der Waals surface area contributed by atoms with Crippen molar-refractivity contribution in [3.63, 3.8) is 0 Å². The fraction of sp³-hybridized carbons (Fsp3) is 0. The summed E-state index contributed by atoms with van der Waals surface area (Å²) in [5, 5.41) is 12.7. The monoisotopic (exact) mass is 398 g/mol. The summed E-state index contributed by atoms with van der Waals surface area (Å²) in [6.45, 7) is 0. The Morgan fingerprint density at radius 1 is 0.862 bits per heavy atom. The lowest BCUT2D eigenvalue weighted by molar-refractivity contribution is -0.113. The van der Waals surface area contributed by atoms with Crippen LogP contribution < -0.4 is 4.90 Å². The van der Waals surface area contributed by atoms with E-state index in [1.807, 2.05) is 42.5 Å². The average Bonchev–Trinajstić information content (AvgIpc) is 3.01. The zero-order valence-corrected chi connectivity index (χ0v) is 16.0. The topological polar surface area (TPSA) is 44.2 Å². The van der Waals surface area contributed by atoms with Crippen LogP contribution in [0.3, 0.4) is 0 Å². The van der Waals surface area contributed by atoms with E-state index >= 15 is 0 Å². The molecular formula is C24H15FN2OS. The molecule has 4 aromatic rings. The molecule has 1 aliphatic rings. The van der Waals surface area contributed by atoms with Crippen LogP contribution in [0, 0.1) is 11.2 Å². The van der Waals surface area contributed by atoms with E-state index in [1.165, 1.54) is 29.2 Å². The van der Waals surface area contributed by atoms with E-state index in [-0.39, 0.29) is 16.9 Å². The second-order valence-corrected chi connectivity index (χ2v) is 7.80. The van der Waals surface area contributed by atoms with E-state index in [0.717, 1.165) is 38.9 Å². The number of benzene rings is 4. The van der Waals surface area contributed by atoms with Crippen molar-refractivity contribution in [2.75, 3.05) is 4.90 Å². The smallest absolute Gasteiger partial charge is 0.271 e. The second kappa shape index (κ2) is 6.87. The Morgan fingerprint density at radius 3 is 2.07 bits per heavy atom. The van der Waals surface area contributed by atoms with Crippen LogP contribution >= 0.6 is 11.8 Å². The van der Waals surface area contributed by atoms with Crippen LogP contribution in [0.5, 0.6) is 0 Å². The van der Waals surface area contributed by atoms with Gasteiger partial charge in [-0.25, -0.2) is 4.39 Å². The van der Waals surface area contributed by atoms with Crippen molar-refractivity contribution in [1.29, 1.82) is 5.41 Å². The van der Waals surface area contributed by atoms with Crippen molar-refractivity contribution >= 4 is 56.1 Å². The maximum atomic E-state index is 13.3. The van der Waals surface area contributed by atoms with E-state index in [2.05, 4.69) is 18.2 Å². The number of carbonyl (C=O) groups is 1. The zero-order valence-electron chi connectivity index (χ0n) is 15.2. The van der Waals surface area contributed by atoms with Crippen molar-refractivity contribution in [2.24, 2.45) is 0 Å². The van der Waals surface area contributed by atoms with Crippen LogP contribution in [0.15, 0.2) is 83.8 Å². The number of nitrogens with zero attached hydrogens (tertiary/aromatic N) is 1. The number of anilines is 1. The van der Waals surface area contributed by atoms with Crippen LogP contribution in [-0.4, -0.2) is 11.1 Å². The van der Waals surface area contributed by atoms with Gasteiger partial charge in [-0.3, -0.25) is 15.1 Å². The number of amidine groups is 1. The number of halogens is 1. The molecule has 1 N–H and O–H groups in total. The summed E-state index contributed by atoms with van der Waals surface area (Å²) in [6.07, 6.45) is 1.87. The van der Waals surface area contributed by atoms with Gasteiger partial charge in [-0.1, -0.05) is 48.5 Å². The molecule has 3 nitrogen and oxygen atoms in total. The van der Waals surface area contributed by atoms with Gasteiger partial charge in [-0.15, -0.1) is 0 Å². The summed E-state index contributed by atoms with van der Waals surface area (Å²) in [4.78, 5) is 14.9. The molecule has 1 heterocycles. The van der Waals surface area contributed by atoms with Crippen LogP contribution in [0.4, 0.5) is 10.1 Å². The molecular weight excluding hydrogens is 383 g/mol. The molecule has 5 heteroatoms. The van der Waals surface area contributed by atoms with E-state index in [0.29, 0.717) is 10.6 Å². The number of rotatable bonds is 2. The summed E-state index contributed by atoms with van der Waals surface area (Å²) in [5.41, 5.74) is 1.45. The highest BCUT2D eigenvalue weighted by Crippen LogP contribution is 2.38. The van der Waals surface area contributed by atoms with E-state index in [4.69, 9.17) is 5.41 Å². The first kappa shape index (κ1) is 17.6. The van der Waals surface area contributed by atoms with E-state index < -0.39 is 0 Å². The molecule has 4 aromatic carbocycles. The standard InChI is InChI=1S/C24H15FN2OS/c25-17-9-11-18(12-10-17)27-23(28)22(29-24(27)26)14-21-19-7-3-1-5-15(19)13-16-6-2-4-8-20(16)21/h1-14,26H/b22-14-,26-24?. The molecule has 1 fully saturated rings. The Kier molecular flexibility index (Phi) is 4.18. The Bertz CT molecular complexity index is 1270. The molecule has 140 valence electrons. The molecule has 1 aliphatic heterocycles. The predicted molar refractivity (Wildman–Crippen MR) is 119 cm³/mol. The van der Waals surface area contributed by atoms with Gasteiger partial charge < -0.3 is 0 Å². The molecule has 1 saturated heterocycles.